The first-order chi connectivity index (χ1) is 6.66. The van der Waals surface area contributed by atoms with Crippen LogP contribution in [0.5, 0.6) is 0 Å². The minimum Gasteiger partial charge on any atom is -0.481 e. The van der Waals surface area contributed by atoms with Gasteiger partial charge in [-0.1, -0.05) is 0 Å². The largest absolute Gasteiger partial charge is 0.481 e. The highest BCUT2D eigenvalue weighted by atomic mass is 16.4. The molecule has 0 spiro atoms. The Morgan fingerprint density at radius 2 is 2.43 bits per heavy atom. The molecule has 0 unspecified atom stereocenters. The summed E-state index contributed by atoms with van der Waals surface area (Å²) in [6, 6.07) is 3.78. The van der Waals surface area contributed by atoms with Crippen molar-refractivity contribution in [3.8, 4) is 0 Å². The monoisotopic (exact) mass is 190 g/mol. The van der Waals surface area contributed by atoms with Crippen molar-refractivity contribution >= 4 is 17.0 Å². The molecule has 0 aromatic carbocycles. The predicted octanol–water partition coefficient (Wildman–Crippen LogP) is 1.20. The molecule has 0 saturated carbocycles. The van der Waals surface area contributed by atoms with E-state index in [0.29, 0.717) is 0 Å². The maximum atomic E-state index is 10.5. The summed E-state index contributed by atoms with van der Waals surface area (Å²) in [6.45, 7) is 0. The summed E-state index contributed by atoms with van der Waals surface area (Å²) in [4.78, 5) is 14.7. The lowest BCUT2D eigenvalue weighted by atomic mass is 10.2. The molecule has 0 fully saturated rings. The molecular formula is C10H10N2O2. The molecule has 2 rings (SSSR count). The van der Waals surface area contributed by atoms with E-state index in [1.165, 1.54) is 0 Å². The van der Waals surface area contributed by atoms with E-state index in [4.69, 9.17) is 5.11 Å². The zero-order valence-corrected chi connectivity index (χ0v) is 7.77. The minimum atomic E-state index is -0.831. The van der Waals surface area contributed by atoms with Gasteiger partial charge >= 0.3 is 5.97 Å². The van der Waals surface area contributed by atoms with Crippen molar-refractivity contribution in [2.75, 3.05) is 0 Å². The van der Waals surface area contributed by atoms with Crippen molar-refractivity contribution in [2.24, 2.45) is 7.05 Å². The lowest BCUT2D eigenvalue weighted by Crippen LogP contribution is -2.00. The van der Waals surface area contributed by atoms with Crippen molar-refractivity contribution in [1.82, 2.24) is 9.55 Å². The molecule has 0 radical (unpaired) electrons. The standard InChI is InChI=1S/C10H10N2O2/c1-12-3-2-8-4-7(5-9(13)14)6-11-10(8)12/h2-4,6H,5H2,1H3,(H,13,14). The number of aromatic nitrogens is 2. The fraction of sp³-hybridized carbons (Fsp3) is 0.200. The van der Waals surface area contributed by atoms with Crippen LogP contribution in [0.15, 0.2) is 24.5 Å². The van der Waals surface area contributed by atoms with Crippen LogP contribution in [0.1, 0.15) is 5.56 Å². The average Bonchev–Trinajstić information content (AvgIpc) is 2.46. The summed E-state index contributed by atoms with van der Waals surface area (Å²) in [5.41, 5.74) is 1.61. The van der Waals surface area contributed by atoms with Gasteiger partial charge in [0, 0.05) is 24.8 Å². The number of carboxylic acids is 1. The van der Waals surface area contributed by atoms with Crippen LogP contribution in [-0.2, 0) is 18.3 Å². The van der Waals surface area contributed by atoms with E-state index in [1.807, 2.05) is 29.9 Å². The Balaban J connectivity index is 2.46. The molecule has 4 heteroatoms. The van der Waals surface area contributed by atoms with Crippen LogP contribution in [-0.4, -0.2) is 20.6 Å². The van der Waals surface area contributed by atoms with Gasteiger partial charge in [0.25, 0.3) is 0 Å². The summed E-state index contributed by atoms with van der Waals surface area (Å²) in [5, 5.41) is 9.59. The molecule has 0 atom stereocenters. The third-order valence-electron chi connectivity index (χ3n) is 2.12. The van der Waals surface area contributed by atoms with E-state index in [0.717, 1.165) is 16.6 Å². The predicted molar refractivity (Wildman–Crippen MR) is 52.1 cm³/mol. The zero-order chi connectivity index (χ0) is 10.1. The molecular weight excluding hydrogens is 180 g/mol. The van der Waals surface area contributed by atoms with Crippen LogP contribution < -0.4 is 0 Å². The Morgan fingerprint density at radius 3 is 3.14 bits per heavy atom. The SMILES string of the molecule is Cn1ccc2cc(CC(=O)O)cnc21. The summed E-state index contributed by atoms with van der Waals surface area (Å²) in [6.07, 6.45) is 3.54. The fourth-order valence-electron chi connectivity index (χ4n) is 1.47. The third kappa shape index (κ3) is 1.46. The molecule has 1 N–H and O–H groups in total. The van der Waals surface area contributed by atoms with Crippen molar-refractivity contribution in [3.05, 3.63) is 30.1 Å². The Morgan fingerprint density at radius 1 is 1.64 bits per heavy atom. The zero-order valence-electron chi connectivity index (χ0n) is 7.77. The maximum absolute atomic E-state index is 10.5. The quantitative estimate of drug-likeness (QED) is 0.774. The second-order valence-corrected chi connectivity index (χ2v) is 3.25. The molecule has 0 aliphatic carbocycles. The van der Waals surface area contributed by atoms with E-state index in [-0.39, 0.29) is 6.42 Å². The summed E-state index contributed by atoms with van der Waals surface area (Å²) >= 11 is 0. The Labute approximate surface area is 80.8 Å². The van der Waals surface area contributed by atoms with E-state index in [9.17, 15) is 4.79 Å². The van der Waals surface area contributed by atoms with Crippen LogP contribution in [0.2, 0.25) is 0 Å². The Hall–Kier alpha value is -1.84. The third-order valence-corrected chi connectivity index (χ3v) is 2.12. The summed E-state index contributed by atoms with van der Waals surface area (Å²) in [5.74, 6) is -0.831. The number of rotatable bonds is 2. The van der Waals surface area contributed by atoms with E-state index in [1.54, 1.807) is 6.20 Å². The van der Waals surface area contributed by atoms with Gasteiger partial charge in [0.05, 0.1) is 6.42 Å². The smallest absolute Gasteiger partial charge is 0.307 e. The molecule has 2 heterocycles. The summed E-state index contributed by atoms with van der Waals surface area (Å²) < 4.78 is 1.90. The fourth-order valence-corrected chi connectivity index (χ4v) is 1.47. The summed E-state index contributed by atoms with van der Waals surface area (Å²) in [7, 11) is 1.91. The minimum absolute atomic E-state index is 0.0256. The first-order valence-electron chi connectivity index (χ1n) is 4.28. The Kier molecular flexibility index (Phi) is 1.96. The van der Waals surface area contributed by atoms with E-state index >= 15 is 0 Å². The van der Waals surface area contributed by atoms with Gasteiger partial charge in [-0.2, -0.15) is 0 Å². The normalized spacial score (nSPS) is 10.6. The van der Waals surface area contributed by atoms with Gasteiger partial charge in [0.15, 0.2) is 0 Å². The molecule has 2 aromatic rings. The van der Waals surface area contributed by atoms with Crippen molar-refractivity contribution < 1.29 is 9.90 Å². The van der Waals surface area contributed by atoms with Gasteiger partial charge in [-0.15, -0.1) is 0 Å². The molecule has 0 saturated heterocycles. The number of pyridine rings is 1. The van der Waals surface area contributed by atoms with E-state index < -0.39 is 5.97 Å². The number of fused-ring (bicyclic) bond motifs is 1. The van der Waals surface area contributed by atoms with Crippen LogP contribution in [0, 0.1) is 0 Å². The molecule has 72 valence electrons. The van der Waals surface area contributed by atoms with Gasteiger partial charge in [0.1, 0.15) is 5.65 Å². The highest BCUT2D eigenvalue weighted by molar-refractivity contribution is 5.78. The molecule has 14 heavy (non-hydrogen) atoms. The Bertz CT molecular complexity index is 488. The van der Waals surface area contributed by atoms with E-state index in [2.05, 4.69) is 4.98 Å². The van der Waals surface area contributed by atoms with Gasteiger partial charge in [-0.05, 0) is 17.7 Å². The van der Waals surface area contributed by atoms with Crippen LogP contribution in [0.25, 0.3) is 11.0 Å². The number of hydrogen-bond donors (Lipinski definition) is 1. The van der Waals surface area contributed by atoms with Gasteiger partial charge in [0.2, 0.25) is 0 Å². The molecule has 0 amide bonds. The van der Waals surface area contributed by atoms with Crippen LogP contribution >= 0.6 is 0 Å². The maximum Gasteiger partial charge on any atom is 0.307 e. The number of hydrogen-bond acceptors (Lipinski definition) is 2. The van der Waals surface area contributed by atoms with Crippen molar-refractivity contribution in [3.63, 3.8) is 0 Å². The number of carboxylic acid groups (broad SMARTS) is 1. The number of carbonyl (C=O) groups is 1. The first kappa shape index (κ1) is 8.74. The molecule has 2 aromatic heterocycles. The lowest BCUT2D eigenvalue weighted by molar-refractivity contribution is -0.136. The average molecular weight is 190 g/mol. The number of aryl methyl sites for hydroxylation is 1. The number of aliphatic carboxylic acids is 1. The second-order valence-electron chi connectivity index (χ2n) is 3.25. The van der Waals surface area contributed by atoms with Crippen LogP contribution in [0.4, 0.5) is 0 Å². The first-order valence-corrected chi connectivity index (χ1v) is 4.28. The molecule has 0 aliphatic rings. The van der Waals surface area contributed by atoms with Gasteiger partial charge in [-0.3, -0.25) is 4.79 Å². The van der Waals surface area contributed by atoms with Gasteiger partial charge in [-0.25, -0.2) is 4.98 Å². The molecule has 0 bridgehead atoms. The van der Waals surface area contributed by atoms with Crippen LogP contribution in [0.3, 0.4) is 0 Å². The number of nitrogens with zero attached hydrogens (tertiary/aromatic N) is 2. The second kappa shape index (κ2) is 3.14. The lowest BCUT2D eigenvalue weighted by Gasteiger charge is -1.98. The van der Waals surface area contributed by atoms with Crippen molar-refractivity contribution in [2.45, 2.75) is 6.42 Å². The highest BCUT2D eigenvalue weighted by Crippen LogP contribution is 2.13. The highest BCUT2D eigenvalue weighted by Gasteiger charge is 2.04. The van der Waals surface area contributed by atoms with Crippen molar-refractivity contribution in [1.29, 1.82) is 0 Å². The van der Waals surface area contributed by atoms with Gasteiger partial charge < -0.3 is 9.67 Å². The topological polar surface area (TPSA) is 55.1 Å². The molecule has 0 aliphatic heterocycles. The molecule has 4 nitrogen and oxygen atoms in total.